The van der Waals surface area contributed by atoms with Crippen LogP contribution in [0.15, 0.2) is 20.9 Å². The van der Waals surface area contributed by atoms with Crippen molar-refractivity contribution in [3.05, 3.63) is 22.4 Å². The summed E-state index contributed by atoms with van der Waals surface area (Å²) in [5.74, 6) is 0.480. The van der Waals surface area contributed by atoms with E-state index in [0.717, 1.165) is 11.8 Å². The SMILES string of the molecule is Cc1nnc(Sc2nc(Cl)ncc2Cl)o1. The molecule has 0 fully saturated rings. The van der Waals surface area contributed by atoms with Crippen LogP contribution in [0.2, 0.25) is 10.3 Å². The molecule has 0 N–H and O–H groups in total. The van der Waals surface area contributed by atoms with Crippen molar-refractivity contribution < 1.29 is 4.42 Å². The summed E-state index contributed by atoms with van der Waals surface area (Å²) in [6, 6.07) is 0. The van der Waals surface area contributed by atoms with Crippen LogP contribution in [0.5, 0.6) is 0 Å². The number of aromatic nitrogens is 4. The summed E-state index contributed by atoms with van der Waals surface area (Å²) in [5, 5.41) is 8.84. The van der Waals surface area contributed by atoms with Crippen molar-refractivity contribution in [2.45, 2.75) is 17.2 Å². The van der Waals surface area contributed by atoms with Crippen molar-refractivity contribution in [2.75, 3.05) is 0 Å². The molecule has 0 saturated carbocycles. The monoisotopic (exact) mass is 262 g/mol. The fourth-order valence-electron chi connectivity index (χ4n) is 0.805. The maximum Gasteiger partial charge on any atom is 0.282 e. The van der Waals surface area contributed by atoms with E-state index in [1.165, 1.54) is 6.20 Å². The summed E-state index contributed by atoms with van der Waals surface area (Å²) < 4.78 is 5.16. The van der Waals surface area contributed by atoms with Crippen LogP contribution in [0.25, 0.3) is 0 Å². The molecule has 0 saturated heterocycles. The molecular formula is C7H4Cl2N4OS. The van der Waals surface area contributed by atoms with Crippen molar-refractivity contribution in [1.82, 2.24) is 20.2 Å². The van der Waals surface area contributed by atoms with Crippen LogP contribution in [0.4, 0.5) is 0 Å². The molecule has 15 heavy (non-hydrogen) atoms. The second-order valence-corrected chi connectivity index (χ2v) is 4.17. The summed E-state index contributed by atoms with van der Waals surface area (Å²) >= 11 is 12.6. The van der Waals surface area contributed by atoms with E-state index in [9.17, 15) is 0 Å². The second kappa shape index (κ2) is 4.34. The van der Waals surface area contributed by atoms with Gasteiger partial charge in [-0.25, -0.2) is 9.97 Å². The lowest BCUT2D eigenvalue weighted by molar-refractivity contribution is 0.429. The van der Waals surface area contributed by atoms with Gasteiger partial charge >= 0.3 is 0 Å². The molecule has 2 rings (SSSR count). The van der Waals surface area contributed by atoms with E-state index in [2.05, 4.69) is 20.2 Å². The van der Waals surface area contributed by atoms with E-state index >= 15 is 0 Å². The largest absolute Gasteiger partial charge is 0.416 e. The van der Waals surface area contributed by atoms with Crippen molar-refractivity contribution in [3.63, 3.8) is 0 Å². The average molecular weight is 263 g/mol. The molecule has 0 spiro atoms. The first-order valence-corrected chi connectivity index (χ1v) is 5.38. The van der Waals surface area contributed by atoms with Crippen LogP contribution in [0.1, 0.15) is 5.89 Å². The Kier molecular flexibility index (Phi) is 3.08. The van der Waals surface area contributed by atoms with Crippen molar-refractivity contribution in [3.8, 4) is 0 Å². The summed E-state index contributed by atoms with van der Waals surface area (Å²) in [6.45, 7) is 1.70. The Balaban J connectivity index is 2.27. The highest BCUT2D eigenvalue weighted by atomic mass is 35.5. The van der Waals surface area contributed by atoms with Gasteiger partial charge in [0.2, 0.25) is 11.2 Å². The Bertz CT molecular complexity index is 490. The Morgan fingerprint density at radius 1 is 1.33 bits per heavy atom. The van der Waals surface area contributed by atoms with Gasteiger partial charge < -0.3 is 4.42 Å². The predicted octanol–water partition coefficient (Wildman–Crippen LogP) is 2.63. The maximum atomic E-state index is 5.86. The zero-order valence-electron chi connectivity index (χ0n) is 7.44. The minimum absolute atomic E-state index is 0.123. The van der Waals surface area contributed by atoms with Crippen molar-refractivity contribution >= 4 is 35.0 Å². The molecule has 0 bridgehead atoms. The lowest BCUT2D eigenvalue weighted by Crippen LogP contribution is -1.86. The van der Waals surface area contributed by atoms with Gasteiger partial charge in [-0.1, -0.05) is 11.6 Å². The molecule has 0 amide bonds. The van der Waals surface area contributed by atoms with E-state index in [1.54, 1.807) is 6.92 Å². The van der Waals surface area contributed by atoms with Crippen molar-refractivity contribution in [2.24, 2.45) is 0 Å². The van der Waals surface area contributed by atoms with E-state index in [0.29, 0.717) is 21.2 Å². The summed E-state index contributed by atoms with van der Waals surface area (Å²) in [5.41, 5.74) is 0. The van der Waals surface area contributed by atoms with Crippen LogP contribution < -0.4 is 0 Å². The van der Waals surface area contributed by atoms with Gasteiger partial charge in [0.25, 0.3) is 5.22 Å². The quantitative estimate of drug-likeness (QED) is 0.613. The molecule has 2 aromatic heterocycles. The molecule has 8 heteroatoms. The molecule has 0 atom stereocenters. The van der Waals surface area contributed by atoms with Crippen LogP contribution in [-0.2, 0) is 0 Å². The first-order valence-electron chi connectivity index (χ1n) is 3.81. The number of hydrogen-bond donors (Lipinski definition) is 0. The first kappa shape index (κ1) is 10.7. The highest BCUT2D eigenvalue weighted by Crippen LogP contribution is 2.30. The molecular weight excluding hydrogens is 259 g/mol. The molecule has 0 aliphatic rings. The van der Waals surface area contributed by atoms with Gasteiger partial charge in [-0.05, 0) is 23.4 Å². The number of rotatable bonds is 2. The Hall–Kier alpha value is -0.850. The highest BCUT2D eigenvalue weighted by Gasteiger charge is 2.10. The average Bonchev–Trinajstić information content (AvgIpc) is 2.58. The third-order valence-corrected chi connectivity index (χ3v) is 2.79. The third-order valence-electron chi connectivity index (χ3n) is 1.37. The minimum Gasteiger partial charge on any atom is -0.416 e. The van der Waals surface area contributed by atoms with Crippen LogP contribution in [-0.4, -0.2) is 20.2 Å². The fraction of sp³-hybridized carbons (Fsp3) is 0.143. The lowest BCUT2D eigenvalue weighted by atomic mass is 10.7. The number of nitrogens with zero attached hydrogens (tertiary/aromatic N) is 4. The van der Waals surface area contributed by atoms with Gasteiger partial charge in [0.1, 0.15) is 5.03 Å². The normalized spacial score (nSPS) is 10.6. The van der Waals surface area contributed by atoms with Crippen LogP contribution in [0.3, 0.4) is 0 Å². The van der Waals surface area contributed by atoms with Gasteiger partial charge in [-0.2, -0.15) is 0 Å². The molecule has 5 nitrogen and oxygen atoms in total. The molecule has 2 heterocycles. The van der Waals surface area contributed by atoms with Gasteiger partial charge in [0, 0.05) is 6.92 Å². The fourth-order valence-corrected chi connectivity index (χ4v) is 1.89. The van der Waals surface area contributed by atoms with E-state index in [4.69, 9.17) is 27.6 Å². The molecule has 2 aromatic rings. The highest BCUT2D eigenvalue weighted by molar-refractivity contribution is 7.99. The number of halogens is 2. The van der Waals surface area contributed by atoms with Gasteiger partial charge in [-0.3, -0.25) is 0 Å². The summed E-state index contributed by atoms with van der Waals surface area (Å²) in [6.07, 6.45) is 1.42. The maximum absolute atomic E-state index is 5.86. The van der Waals surface area contributed by atoms with E-state index < -0.39 is 0 Å². The zero-order valence-corrected chi connectivity index (χ0v) is 9.77. The predicted molar refractivity (Wildman–Crippen MR) is 55.2 cm³/mol. The van der Waals surface area contributed by atoms with Gasteiger partial charge in [0.05, 0.1) is 11.2 Å². The Morgan fingerprint density at radius 2 is 2.13 bits per heavy atom. The Labute approximate surface area is 99.2 Å². The van der Waals surface area contributed by atoms with E-state index in [1.807, 2.05) is 0 Å². The van der Waals surface area contributed by atoms with Crippen LogP contribution in [0, 0.1) is 6.92 Å². The topological polar surface area (TPSA) is 64.7 Å². The standard InChI is InChI=1S/C7H4Cl2N4OS/c1-3-12-13-7(14-3)15-5-4(8)2-10-6(9)11-5/h2H,1H3. The smallest absolute Gasteiger partial charge is 0.282 e. The molecule has 0 aliphatic carbocycles. The van der Waals surface area contributed by atoms with Gasteiger partial charge in [0.15, 0.2) is 0 Å². The number of aryl methyl sites for hydroxylation is 1. The zero-order chi connectivity index (χ0) is 10.8. The first-order chi connectivity index (χ1) is 7.15. The summed E-state index contributed by atoms with van der Waals surface area (Å²) in [7, 11) is 0. The molecule has 0 radical (unpaired) electrons. The Morgan fingerprint density at radius 3 is 2.80 bits per heavy atom. The van der Waals surface area contributed by atoms with E-state index in [-0.39, 0.29) is 5.28 Å². The molecule has 0 unspecified atom stereocenters. The molecule has 78 valence electrons. The minimum atomic E-state index is 0.123. The van der Waals surface area contributed by atoms with Crippen LogP contribution >= 0.6 is 35.0 Å². The number of hydrogen-bond acceptors (Lipinski definition) is 6. The van der Waals surface area contributed by atoms with Gasteiger partial charge in [-0.15, -0.1) is 10.2 Å². The van der Waals surface area contributed by atoms with Crippen molar-refractivity contribution in [1.29, 1.82) is 0 Å². The summed E-state index contributed by atoms with van der Waals surface area (Å²) in [4.78, 5) is 7.66. The molecule has 0 aliphatic heterocycles. The molecule has 0 aromatic carbocycles. The second-order valence-electron chi connectivity index (χ2n) is 2.48. The lowest BCUT2D eigenvalue weighted by Gasteiger charge is -1.98. The third kappa shape index (κ3) is 2.58.